The predicted molar refractivity (Wildman–Crippen MR) is 91.6 cm³/mol. The maximum Gasteiger partial charge on any atom is 0.0411 e. The Morgan fingerprint density at radius 3 is 2.60 bits per heavy atom. The lowest BCUT2D eigenvalue weighted by Crippen LogP contribution is -2.23. The minimum atomic E-state index is 0.505. The quantitative estimate of drug-likeness (QED) is 0.768. The van der Waals surface area contributed by atoms with E-state index >= 15 is 0 Å². The van der Waals surface area contributed by atoms with E-state index < -0.39 is 0 Å². The third-order valence-electron chi connectivity index (χ3n) is 4.50. The van der Waals surface area contributed by atoms with Crippen LogP contribution in [0.25, 0.3) is 0 Å². The molecule has 0 aromatic heterocycles. The molecule has 0 radical (unpaired) electrons. The molecule has 1 nitrogen and oxygen atoms in total. The standard InChI is InChI=1S/C18H29NS/c1-4-19-18(13-20-12-16-7-5-6-8-16)17-10-9-14(2)15(3)11-17/h9-11,16,18-19H,4-8,12-13H2,1-3H3. The Balaban J connectivity index is 1.89. The van der Waals surface area contributed by atoms with Gasteiger partial charge in [-0.05, 0) is 61.6 Å². The van der Waals surface area contributed by atoms with Crippen molar-refractivity contribution < 1.29 is 0 Å². The van der Waals surface area contributed by atoms with Gasteiger partial charge in [0.15, 0.2) is 0 Å². The Bertz CT molecular complexity index is 410. The maximum absolute atomic E-state index is 3.65. The van der Waals surface area contributed by atoms with E-state index in [-0.39, 0.29) is 0 Å². The van der Waals surface area contributed by atoms with Crippen LogP contribution in [0.2, 0.25) is 0 Å². The monoisotopic (exact) mass is 291 g/mol. The van der Waals surface area contributed by atoms with Crippen LogP contribution >= 0.6 is 11.8 Å². The van der Waals surface area contributed by atoms with Gasteiger partial charge in [-0.15, -0.1) is 0 Å². The molecule has 0 amide bonds. The average molecular weight is 292 g/mol. The molecule has 0 saturated heterocycles. The number of thioether (sulfide) groups is 1. The zero-order chi connectivity index (χ0) is 14.4. The molecule has 1 unspecified atom stereocenters. The molecule has 1 aliphatic carbocycles. The molecule has 0 heterocycles. The van der Waals surface area contributed by atoms with Crippen molar-refractivity contribution in [3.8, 4) is 0 Å². The van der Waals surface area contributed by atoms with E-state index in [2.05, 4.69) is 56.0 Å². The van der Waals surface area contributed by atoms with Gasteiger partial charge in [0.25, 0.3) is 0 Å². The second kappa shape index (κ2) is 8.09. The topological polar surface area (TPSA) is 12.0 Å². The first kappa shape index (κ1) is 15.9. The minimum absolute atomic E-state index is 0.505. The first-order valence-electron chi connectivity index (χ1n) is 8.09. The van der Waals surface area contributed by atoms with Crippen LogP contribution in [0.3, 0.4) is 0 Å². The molecule has 112 valence electrons. The lowest BCUT2D eigenvalue weighted by atomic mass is 10.0. The lowest BCUT2D eigenvalue weighted by Gasteiger charge is -2.20. The van der Waals surface area contributed by atoms with Crippen molar-refractivity contribution in [3.63, 3.8) is 0 Å². The molecule has 1 fully saturated rings. The van der Waals surface area contributed by atoms with Crippen molar-refractivity contribution in [1.82, 2.24) is 5.32 Å². The smallest absolute Gasteiger partial charge is 0.0411 e. The van der Waals surface area contributed by atoms with Gasteiger partial charge in [0, 0.05) is 11.8 Å². The van der Waals surface area contributed by atoms with Crippen LogP contribution in [0.15, 0.2) is 18.2 Å². The van der Waals surface area contributed by atoms with E-state index in [1.807, 2.05) is 0 Å². The summed E-state index contributed by atoms with van der Waals surface area (Å²) in [5.41, 5.74) is 4.25. The summed E-state index contributed by atoms with van der Waals surface area (Å²) in [7, 11) is 0. The highest BCUT2D eigenvalue weighted by Gasteiger charge is 2.16. The van der Waals surface area contributed by atoms with Gasteiger partial charge in [-0.25, -0.2) is 0 Å². The van der Waals surface area contributed by atoms with E-state index in [1.54, 1.807) is 0 Å². The Morgan fingerprint density at radius 2 is 1.95 bits per heavy atom. The summed E-state index contributed by atoms with van der Waals surface area (Å²) in [6, 6.07) is 7.42. The molecule has 20 heavy (non-hydrogen) atoms. The summed E-state index contributed by atoms with van der Waals surface area (Å²) in [6.07, 6.45) is 5.84. The van der Waals surface area contributed by atoms with Crippen molar-refractivity contribution in [2.45, 2.75) is 52.5 Å². The van der Waals surface area contributed by atoms with E-state index in [9.17, 15) is 0 Å². The van der Waals surface area contributed by atoms with Gasteiger partial charge in [-0.3, -0.25) is 0 Å². The van der Waals surface area contributed by atoms with Crippen LogP contribution in [0.1, 0.15) is 55.3 Å². The van der Waals surface area contributed by atoms with E-state index in [4.69, 9.17) is 0 Å². The first-order valence-corrected chi connectivity index (χ1v) is 9.24. The zero-order valence-electron chi connectivity index (χ0n) is 13.2. The van der Waals surface area contributed by atoms with Crippen LogP contribution < -0.4 is 5.32 Å². The molecule has 0 bridgehead atoms. The highest BCUT2D eigenvalue weighted by molar-refractivity contribution is 7.99. The molecule has 2 rings (SSSR count). The molecule has 0 spiro atoms. The number of benzene rings is 1. The Kier molecular flexibility index (Phi) is 6.44. The third-order valence-corrected chi connectivity index (χ3v) is 5.77. The normalized spacial score (nSPS) is 17.6. The van der Waals surface area contributed by atoms with Crippen molar-refractivity contribution >= 4 is 11.8 Å². The van der Waals surface area contributed by atoms with Crippen LogP contribution in [0.5, 0.6) is 0 Å². The summed E-state index contributed by atoms with van der Waals surface area (Å²) in [6.45, 7) is 7.65. The fourth-order valence-corrected chi connectivity index (χ4v) is 4.38. The molecule has 1 aromatic carbocycles. The largest absolute Gasteiger partial charge is 0.310 e. The van der Waals surface area contributed by atoms with Crippen LogP contribution in [0.4, 0.5) is 0 Å². The minimum Gasteiger partial charge on any atom is -0.310 e. The first-order chi connectivity index (χ1) is 9.70. The summed E-state index contributed by atoms with van der Waals surface area (Å²) < 4.78 is 0. The van der Waals surface area contributed by atoms with Crippen molar-refractivity contribution in [2.75, 3.05) is 18.1 Å². The fourth-order valence-electron chi connectivity index (χ4n) is 3.03. The summed E-state index contributed by atoms with van der Waals surface area (Å²) >= 11 is 2.14. The Morgan fingerprint density at radius 1 is 1.20 bits per heavy atom. The SMILES string of the molecule is CCNC(CSCC1CCCC1)c1ccc(C)c(C)c1. The highest BCUT2D eigenvalue weighted by atomic mass is 32.2. The molecular formula is C18H29NS. The second-order valence-corrected chi connectivity index (χ2v) is 7.22. The zero-order valence-corrected chi connectivity index (χ0v) is 14.1. The van der Waals surface area contributed by atoms with Crippen LogP contribution in [0, 0.1) is 19.8 Å². The number of hydrogen-bond donors (Lipinski definition) is 1. The molecule has 1 N–H and O–H groups in total. The Labute approximate surface area is 128 Å². The molecule has 2 heteroatoms. The van der Waals surface area contributed by atoms with E-state index in [1.165, 1.54) is 53.9 Å². The molecule has 1 aromatic rings. The van der Waals surface area contributed by atoms with Gasteiger partial charge in [-0.1, -0.05) is 38.0 Å². The highest BCUT2D eigenvalue weighted by Crippen LogP contribution is 2.29. The maximum atomic E-state index is 3.65. The number of hydrogen-bond acceptors (Lipinski definition) is 2. The van der Waals surface area contributed by atoms with Gasteiger partial charge in [0.2, 0.25) is 0 Å². The number of aryl methyl sites for hydroxylation is 2. The fraction of sp³-hybridized carbons (Fsp3) is 0.667. The van der Waals surface area contributed by atoms with Crippen molar-refractivity contribution in [2.24, 2.45) is 5.92 Å². The average Bonchev–Trinajstić information content (AvgIpc) is 2.94. The third kappa shape index (κ3) is 4.53. The van der Waals surface area contributed by atoms with Crippen LogP contribution in [-0.4, -0.2) is 18.1 Å². The van der Waals surface area contributed by atoms with Crippen molar-refractivity contribution in [3.05, 3.63) is 34.9 Å². The van der Waals surface area contributed by atoms with Gasteiger partial charge in [0.1, 0.15) is 0 Å². The second-order valence-electron chi connectivity index (χ2n) is 6.14. The van der Waals surface area contributed by atoms with Gasteiger partial charge in [-0.2, -0.15) is 11.8 Å². The molecule has 1 aliphatic rings. The number of rotatable bonds is 7. The van der Waals surface area contributed by atoms with E-state index in [0.717, 1.165) is 12.5 Å². The lowest BCUT2D eigenvalue weighted by molar-refractivity contribution is 0.598. The molecular weight excluding hydrogens is 262 g/mol. The Hall–Kier alpha value is -0.470. The van der Waals surface area contributed by atoms with Gasteiger partial charge < -0.3 is 5.32 Å². The predicted octanol–water partition coefficient (Wildman–Crippen LogP) is 4.88. The summed E-state index contributed by atoms with van der Waals surface area (Å²) in [4.78, 5) is 0. The molecule has 1 atom stereocenters. The van der Waals surface area contributed by atoms with E-state index in [0.29, 0.717) is 6.04 Å². The summed E-state index contributed by atoms with van der Waals surface area (Å²) in [5, 5.41) is 3.65. The number of nitrogens with one attached hydrogen (secondary N) is 1. The summed E-state index contributed by atoms with van der Waals surface area (Å²) in [5.74, 6) is 3.54. The molecule has 1 saturated carbocycles. The molecule has 0 aliphatic heterocycles. The van der Waals surface area contributed by atoms with Gasteiger partial charge >= 0.3 is 0 Å². The van der Waals surface area contributed by atoms with Gasteiger partial charge in [0.05, 0.1) is 0 Å². The van der Waals surface area contributed by atoms with Crippen LogP contribution in [-0.2, 0) is 0 Å². The van der Waals surface area contributed by atoms with Crippen molar-refractivity contribution in [1.29, 1.82) is 0 Å².